The van der Waals surface area contributed by atoms with E-state index in [0.29, 0.717) is 0 Å². The molecule has 0 atom stereocenters. The molecule has 0 aliphatic heterocycles. The molecule has 0 saturated carbocycles. The van der Waals surface area contributed by atoms with E-state index in [2.05, 4.69) is 25.3 Å². The largest absolute Gasteiger partial charge is 0.0990 e. The Kier molecular flexibility index (Phi) is 5.31. The van der Waals surface area contributed by atoms with Crippen molar-refractivity contribution >= 4 is 5.57 Å². The van der Waals surface area contributed by atoms with Crippen molar-refractivity contribution in [2.75, 3.05) is 0 Å². The number of benzene rings is 1. The summed E-state index contributed by atoms with van der Waals surface area (Å²) in [7, 11) is 0. The van der Waals surface area contributed by atoms with Gasteiger partial charge in [-0.05, 0) is 18.1 Å². The summed E-state index contributed by atoms with van der Waals surface area (Å²) in [6.45, 7) is 9.63. The van der Waals surface area contributed by atoms with Gasteiger partial charge >= 0.3 is 0 Å². The van der Waals surface area contributed by atoms with Crippen molar-refractivity contribution in [3.05, 3.63) is 66.8 Å². The zero-order valence-electron chi connectivity index (χ0n) is 7.96. The Morgan fingerprint density at radius 3 is 2.21 bits per heavy atom. The minimum Gasteiger partial charge on any atom is -0.0990 e. The molecule has 1 aromatic rings. The quantitative estimate of drug-likeness (QED) is 0.611. The summed E-state index contributed by atoms with van der Waals surface area (Å²) in [5, 5.41) is 0. The van der Waals surface area contributed by atoms with Crippen molar-refractivity contribution in [2.24, 2.45) is 0 Å². The summed E-state index contributed by atoms with van der Waals surface area (Å²) in [6.07, 6.45) is 3.77. The fourth-order valence-electron chi connectivity index (χ4n) is 1.22. The fourth-order valence-corrected chi connectivity index (χ4v) is 1.22. The Balaban J connectivity index is 0.00000169. The summed E-state index contributed by atoms with van der Waals surface area (Å²) >= 11 is 0. The van der Waals surface area contributed by atoms with Gasteiger partial charge in [-0.15, -0.1) is 0 Å². The van der Waals surface area contributed by atoms with Gasteiger partial charge in [0.15, 0.2) is 0 Å². The molecule has 0 bridgehead atoms. The van der Waals surface area contributed by atoms with Crippen LogP contribution < -0.4 is 0 Å². The van der Waals surface area contributed by atoms with Gasteiger partial charge in [0.2, 0.25) is 0 Å². The molecule has 0 heteroatoms. The summed E-state index contributed by atoms with van der Waals surface area (Å²) < 4.78 is 0. The molecule has 1 rings (SSSR count). The van der Waals surface area contributed by atoms with E-state index in [1.165, 1.54) is 5.56 Å². The predicted octanol–water partition coefficient (Wildman–Crippen LogP) is 4.47. The Morgan fingerprint density at radius 2 is 1.79 bits per heavy atom. The second-order valence-corrected chi connectivity index (χ2v) is 2.96. The van der Waals surface area contributed by atoms with E-state index in [4.69, 9.17) is 0 Å². The molecule has 0 unspecified atom stereocenters. The highest BCUT2D eigenvalue weighted by Crippen LogP contribution is 2.20. The van der Waals surface area contributed by atoms with Crippen molar-refractivity contribution in [2.45, 2.75) is 14.4 Å². The van der Waals surface area contributed by atoms with Gasteiger partial charge in [-0.2, -0.15) is 0 Å². The Morgan fingerprint density at radius 1 is 1.21 bits per heavy atom. The van der Waals surface area contributed by atoms with Gasteiger partial charge in [-0.3, -0.25) is 0 Å². The van der Waals surface area contributed by atoms with Gasteiger partial charge in [-0.25, -0.2) is 0 Å². The van der Waals surface area contributed by atoms with Crippen LogP contribution in [0.3, 0.4) is 0 Å². The number of hydrogen-bond donors (Lipinski definition) is 0. The van der Waals surface area contributed by atoms with Crippen molar-refractivity contribution in [1.82, 2.24) is 0 Å². The van der Waals surface area contributed by atoms with Gasteiger partial charge in [0.1, 0.15) is 0 Å². The molecule has 0 aromatic heterocycles. The smallest absolute Gasteiger partial charge is 0.0161 e. The Bertz CT molecular complexity index is 328. The number of hydrogen-bond acceptors (Lipinski definition) is 0. The SMILES string of the molecule is C.C=C/C=C(\C(=C)C)c1ccccc1. The third kappa shape index (κ3) is 3.06. The third-order valence-electron chi connectivity index (χ3n) is 1.83. The molecule has 0 aliphatic carbocycles. The topological polar surface area (TPSA) is 0 Å². The summed E-state index contributed by atoms with van der Waals surface area (Å²) in [5.74, 6) is 0. The van der Waals surface area contributed by atoms with Crippen LogP contribution in [0.2, 0.25) is 0 Å². The maximum Gasteiger partial charge on any atom is -0.0161 e. The number of rotatable bonds is 3. The maximum absolute atomic E-state index is 3.93. The van der Waals surface area contributed by atoms with Crippen LogP contribution >= 0.6 is 0 Å². The third-order valence-corrected chi connectivity index (χ3v) is 1.83. The van der Waals surface area contributed by atoms with Crippen LogP contribution in [0.4, 0.5) is 0 Å². The van der Waals surface area contributed by atoms with Crippen LogP contribution in [0, 0.1) is 0 Å². The molecule has 0 fully saturated rings. The van der Waals surface area contributed by atoms with E-state index >= 15 is 0 Å². The Hall–Kier alpha value is -1.56. The minimum absolute atomic E-state index is 0. The zero-order valence-corrected chi connectivity index (χ0v) is 7.96. The molecule has 0 heterocycles. The molecule has 0 spiro atoms. The second-order valence-electron chi connectivity index (χ2n) is 2.96. The van der Waals surface area contributed by atoms with E-state index in [9.17, 15) is 0 Å². The Labute approximate surface area is 87.3 Å². The van der Waals surface area contributed by atoms with Crippen LogP contribution in [0.25, 0.3) is 5.57 Å². The lowest BCUT2D eigenvalue weighted by molar-refractivity contribution is 1.51. The lowest BCUT2D eigenvalue weighted by atomic mass is 10.00. The van der Waals surface area contributed by atoms with Gasteiger partial charge in [-0.1, -0.05) is 68.6 Å². The predicted molar refractivity (Wildman–Crippen MR) is 66.2 cm³/mol. The molecule has 0 saturated heterocycles. The van der Waals surface area contributed by atoms with Crippen LogP contribution in [0.15, 0.2) is 61.2 Å². The van der Waals surface area contributed by atoms with E-state index < -0.39 is 0 Å². The van der Waals surface area contributed by atoms with E-state index in [0.717, 1.165) is 11.1 Å². The highest BCUT2D eigenvalue weighted by molar-refractivity contribution is 5.78. The minimum atomic E-state index is 0. The van der Waals surface area contributed by atoms with E-state index in [1.807, 2.05) is 31.2 Å². The summed E-state index contributed by atoms with van der Waals surface area (Å²) in [5.41, 5.74) is 3.40. The zero-order chi connectivity index (χ0) is 9.68. The van der Waals surface area contributed by atoms with Gasteiger partial charge in [0.05, 0.1) is 0 Å². The number of allylic oxidation sites excluding steroid dienone is 4. The molecule has 0 N–H and O–H groups in total. The lowest BCUT2D eigenvalue weighted by Gasteiger charge is -2.05. The normalized spacial score (nSPS) is 10.2. The second kappa shape index (κ2) is 5.98. The van der Waals surface area contributed by atoms with Crippen molar-refractivity contribution in [3.63, 3.8) is 0 Å². The van der Waals surface area contributed by atoms with Crippen molar-refractivity contribution in [3.8, 4) is 0 Å². The van der Waals surface area contributed by atoms with Crippen molar-refractivity contribution in [1.29, 1.82) is 0 Å². The maximum atomic E-state index is 3.93. The highest BCUT2D eigenvalue weighted by Gasteiger charge is 1.98. The lowest BCUT2D eigenvalue weighted by Crippen LogP contribution is -1.83. The van der Waals surface area contributed by atoms with E-state index in [-0.39, 0.29) is 7.43 Å². The molecular formula is C14H18. The first-order chi connectivity index (χ1) is 6.25. The fraction of sp³-hybridized carbons (Fsp3) is 0.143. The summed E-state index contributed by atoms with van der Waals surface area (Å²) in [4.78, 5) is 0. The molecule has 74 valence electrons. The average molecular weight is 186 g/mol. The van der Waals surface area contributed by atoms with Crippen LogP contribution in [-0.2, 0) is 0 Å². The average Bonchev–Trinajstić information content (AvgIpc) is 2.15. The molecule has 0 nitrogen and oxygen atoms in total. The molecular weight excluding hydrogens is 168 g/mol. The van der Waals surface area contributed by atoms with Crippen LogP contribution in [-0.4, -0.2) is 0 Å². The van der Waals surface area contributed by atoms with Crippen LogP contribution in [0.5, 0.6) is 0 Å². The standard InChI is InChI=1S/C13H14.CH4/c1-4-8-13(11(2)3)12-9-6-5-7-10-12;/h4-10H,1-2H2,3H3;1H4/b13-8+;. The molecule has 0 amide bonds. The molecule has 1 aromatic carbocycles. The first-order valence-electron chi connectivity index (χ1n) is 4.29. The van der Waals surface area contributed by atoms with Crippen molar-refractivity contribution < 1.29 is 0 Å². The van der Waals surface area contributed by atoms with Gasteiger partial charge < -0.3 is 0 Å². The van der Waals surface area contributed by atoms with Crippen LogP contribution in [0.1, 0.15) is 19.9 Å². The molecule has 14 heavy (non-hydrogen) atoms. The first-order valence-corrected chi connectivity index (χ1v) is 4.29. The van der Waals surface area contributed by atoms with E-state index in [1.54, 1.807) is 6.08 Å². The highest BCUT2D eigenvalue weighted by atomic mass is 14.0. The van der Waals surface area contributed by atoms with Gasteiger partial charge in [0, 0.05) is 0 Å². The summed E-state index contributed by atoms with van der Waals surface area (Å²) in [6, 6.07) is 10.2. The van der Waals surface area contributed by atoms with Gasteiger partial charge in [0.25, 0.3) is 0 Å². The molecule has 0 aliphatic rings. The first kappa shape index (κ1) is 12.4. The molecule has 0 radical (unpaired) electrons. The monoisotopic (exact) mass is 186 g/mol.